The van der Waals surface area contributed by atoms with Crippen LogP contribution >= 0.6 is 0 Å². The molecule has 1 unspecified atom stereocenters. The van der Waals surface area contributed by atoms with Crippen molar-refractivity contribution in [1.82, 2.24) is 18.7 Å². The fraction of sp³-hybridized carbons (Fsp3) is 0.222. The largest absolute Gasteiger partial charge is 0.358 e. The molecule has 0 radical (unpaired) electrons. The number of hydrogen-bond acceptors (Lipinski definition) is 2. The number of para-hydroxylation sites is 4. The van der Waals surface area contributed by atoms with Gasteiger partial charge in [0.1, 0.15) is 5.82 Å². The zero-order chi connectivity index (χ0) is 41.1. The van der Waals surface area contributed by atoms with E-state index in [2.05, 4.69) is 230 Å². The molecule has 0 saturated carbocycles. The van der Waals surface area contributed by atoms with Crippen molar-refractivity contribution in [2.75, 3.05) is 4.90 Å². The Morgan fingerprint density at radius 3 is 1.92 bits per heavy atom. The number of pyridine rings is 1. The summed E-state index contributed by atoms with van der Waals surface area (Å²) in [6.45, 7) is 23.0. The van der Waals surface area contributed by atoms with Gasteiger partial charge in [0.15, 0.2) is 12.4 Å². The summed E-state index contributed by atoms with van der Waals surface area (Å²) in [6, 6.07) is 59.0. The molecule has 1 saturated heterocycles. The summed E-state index contributed by atoms with van der Waals surface area (Å²) in [4.78, 5) is 7.30. The quantitative estimate of drug-likeness (QED) is 0.0941. The van der Waals surface area contributed by atoms with E-state index in [0.29, 0.717) is 9.18 Å². The van der Waals surface area contributed by atoms with Crippen LogP contribution in [0, 0.1) is 18.8 Å². The van der Waals surface area contributed by atoms with Crippen LogP contribution in [0.3, 0.4) is 0 Å². The van der Waals surface area contributed by atoms with Crippen molar-refractivity contribution in [2.45, 2.75) is 78.6 Å². The number of rotatable bonds is 6. The molecule has 10 rings (SSSR count). The maximum atomic E-state index is 4.97. The molecule has 0 spiro atoms. The Labute approximate surface area is 370 Å². The summed E-state index contributed by atoms with van der Waals surface area (Å²) < 4.78 is 3.50. The first-order valence-corrected chi connectivity index (χ1v) is 20.8. The van der Waals surface area contributed by atoms with Crippen LogP contribution in [0.4, 0.5) is 39.8 Å². The van der Waals surface area contributed by atoms with Gasteiger partial charge in [0, 0.05) is 62.7 Å². The molecule has 0 N–H and O–H groups in total. The van der Waals surface area contributed by atoms with Gasteiger partial charge in [-0.15, -0.1) is 35.2 Å². The molecule has 6 aromatic carbocycles. The van der Waals surface area contributed by atoms with E-state index in [4.69, 9.17) is 4.98 Å². The van der Waals surface area contributed by atoms with Crippen molar-refractivity contribution < 1.29 is 21.1 Å². The Morgan fingerprint density at radius 1 is 0.550 bits per heavy atom. The van der Waals surface area contributed by atoms with Crippen LogP contribution in [0.25, 0.3) is 27.6 Å². The molecule has 2 aliphatic heterocycles. The molecule has 0 amide bonds. The van der Waals surface area contributed by atoms with Crippen LogP contribution in [-0.4, -0.2) is 9.55 Å². The summed E-state index contributed by atoms with van der Waals surface area (Å²) in [6.07, 6.45) is 1.94. The Bertz CT molecular complexity index is 2940. The first kappa shape index (κ1) is 40.1. The van der Waals surface area contributed by atoms with Gasteiger partial charge in [-0.1, -0.05) is 146 Å². The summed E-state index contributed by atoms with van der Waals surface area (Å²) in [7, 11) is 0. The summed E-state index contributed by atoms with van der Waals surface area (Å²) in [5.74, 6) is 0.890. The Balaban J connectivity index is 0.00000462. The SMILES string of the molecule is CC(C)(C)c1cc(N(c2[c-]c3c(cc2)c2ccccc2n3-c2cc(C(C)(C)C)ccn2)c2ccccc2)[c-]c([N+]23[CH-][N@+]2(c2cccc(C(C)(C)C)c2)c2ccccc23)c1.[Pt]. The van der Waals surface area contributed by atoms with Crippen LogP contribution < -0.4 is 14.1 Å². The van der Waals surface area contributed by atoms with E-state index < -0.39 is 0 Å². The normalized spacial score (nSPS) is 18.4. The molecule has 60 heavy (non-hydrogen) atoms. The number of anilines is 3. The minimum atomic E-state index is -0.134. The van der Waals surface area contributed by atoms with E-state index in [0.717, 1.165) is 45.0 Å². The number of nitrogens with zero attached hydrogens (tertiary/aromatic N) is 5. The maximum Gasteiger partial charge on any atom is 0.225 e. The monoisotopic (exact) mass is 965 g/mol. The number of fused-ring (bicyclic) bond motifs is 7. The number of aromatic nitrogens is 2. The fourth-order valence-corrected chi connectivity index (χ4v) is 9.13. The van der Waals surface area contributed by atoms with Crippen LogP contribution in [-0.2, 0) is 37.3 Å². The zero-order valence-corrected chi connectivity index (χ0v) is 38.3. The molecule has 0 aliphatic carbocycles. The van der Waals surface area contributed by atoms with E-state index >= 15 is 0 Å². The van der Waals surface area contributed by atoms with Crippen molar-refractivity contribution in [3.8, 4) is 5.82 Å². The molecule has 8 aromatic rings. The molecule has 1 fully saturated rings. The predicted molar refractivity (Wildman–Crippen MR) is 247 cm³/mol. The van der Waals surface area contributed by atoms with Gasteiger partial charge in [-0.3, -0.25) is 0 Å². The van der Waals surface area contributed by atoms with Crippen molar-refractivity contribution in [3.63, 3.8) is 0 Å². The molecule has 2 atom stereocenters. The Hall–Kier alpha value is -5.32. The smallest absolute Gasteiger partial charge is 0.225 e. The van der Waals surface area contributed by atoms with E-state index in [1.165, 1.54) is 39.1 Å². The Morgan fingerprint density at radius 2 is 1.20 bits per heavy atom. The predicted octanol–water partition coefficient (Wildman–Crippen LogP) is 14.5. The minimum Gasteiger partial charge on any atom is -0.358 e. The third kappa shape index (κ3) is 6.04. The van der Waals surface area contributed by atoms with Crippen molar-refractivity contribution in [3.05, 3.63) is 181 Å². The molecule has 2 aromatic heterocycles. The zero-order valence-electron chi connectivity index (χ0n) is 36.0. The van der Waals surface area contributed by atoms with Gasteiger partial charge in [-0.25, -0.2) is 9.58 Å². The molecule has 0 bridgehead atoms. The molecule has 6 heteroatoms. The third-order valence-corrected chi connectivity index (χ3v) is 12.5. The van der Waals surface area contributed by atoms with E-state index in [1.54, 1.807) is 0 Å². The second-order valence-electron chi connectivity index (χ2n) is 19.4. The van der Waals surface area contributed by atoms with Gasteiger partial charge in [0.25, 0.3) is 0 Å². The molecule has 2 aliphatic rings. The standard InChI is InChI=1S/C54H52N5.Pt/c1-52(2,3)37-18-17-21-43(31-37)58-36-59(58,50-25-16-15-24-49(50)58)44-32-39(54(7,8)9)30-42(34-44)56(40-19-11-10-12-20-40)41-26-27-46-45-22-13-14-23-47(45)57(48(46)35-41)51-33-38(28-29-55-51)53(4,5)6;/h10-33,36H,1-9H3;/q-1;/t58-,59?;/m0./s1. The summed E-state index contributed by atoms with van der Waals surface area (Å²) >= 11 is 0. The van der Waals surface area contributed by atoms with Crippen LogP contribution in [0.15, 0.2) is 146 Å². The molecule has 304 valence electrons. The topological polar surface area (TPSA) is 21.1 Å². The van der Waals surface area contributed by atoms with Crippen LogP contribution in [0.2, 0.25) is 0 Å². The van der Waals surface area contributed by atoms with Gasteiger partial charge in [-0.05, 0) is 63.1 Å². The van der Waals surface area contributed by atoms with Crippen molar-refractivity contribution in [1.29, 1.82) is 0 Å². The average molecular weight is 966 g/mol. The first-order chi connectivity index (χ1) is 28.1. The second kappa shape index (κ2) is 13.9. The van der Waals surface area contributed by atoms with Gasteiger partial charge >= 0.3 is 0 Å². The van der Waals surface area contributed by atoms with E-state index in [1.807, 2.05) is 6.20 Å². The van der Waals surface area contributed by atoms with Gasteiger partial charge < -0.3 is 9.47 Å². The number of benzene rings is 6. The van der Waals surface area contributed by atoms with Crippen molar-refractivity contribution >= 4 is 61.6 Å². The third-order valence-electron chi connectivity index (χ3n) is 12.5. The van der Waals surface area contributed by atoms with E-state index in [-0.39, 0.29) is 37.3 Å². The second-order valence-corrected chi connectivity index (χ2v) is 19.4. The maximum absolute atomic E-state index is 4.97. The summed E-state index contributed by atoms with van der Waals surface area (Å²) in [5.41, 5.74) is 13.7. The van der Waals surface area contributed by atoms with Gasteiger partial charge in [0.05, 0.1) is 5.69 Å². The molecular weight excluding hydrogens is 914 g/mol. The Kier molecular flexibility index (Phi) is 9.26. The molecule has 5 nitrogen and oxygen atoms in total. The fourth-order valence-electron chi connectivity index (χ4n) is 9.13. The molecular formula is C54H52N5Pt-. The number of quaternary nitrogens is 2. The molecule has 4 heterocycles. The average Bonchev–Trinajstić information content (AvgIpc) is 3.71. The number of hydrogen-bond donors (Lipinski definition) is 0. The summed E-state index contributed by atoms with van der Waals surface area (Å²) in [5, 5.41) is 2.32. The van der Waals surface area contributed by atoms with Crippen LogP contribution in [0.1, 0.15) is 79.0 Å². The minimum absolute atomic E-state index is 0. The van der Waals surface area contributed by atoms with Gasteiger partial charge in [0.2, 0.25) is 11.4 Å². The van der Waals surface area contributed by atoms with Crippen LogP contribution in [0.5, 0.6) is 0 Å². The van der Waals surface area contributed by atoms with E-state index in [9.17, 15) is 0 Å². The first-order valence-electron chi connectivity index (χ1n) is 20.8. The van der Waals surface area contributed by atoms with Gasteiger partial charge in [-0.2, -0.15) is 10.7 Å². The van der Waals surface area contributed by atoms with Crippen molar-refractivity contribution in [2.24, 2.45) is 0 Å².